The number of hydrogen-bond acceptors (Lipinski definition) is 1. The molecule has 78 valence electrons. The highest BCUT2D eigenvalue weighted by Gasteiger charge is 2.01. The Hall–Kier alpha value is -0.500. The lowest BCUT2D eigenvalue weighted by Gasteiger charge is -2.10. The minimum atomic E-state index is 0.556. The van der Waals surface area contributed by atoms with E-state index in [4.69, 9.17) is 4.74 Å². The van der Waals surface area contributed by atoms with Crippen LogP contribution in [0.3, 0.4) is 0 Å². The summed E-state index contributed by atoms with van der Waals surface area (Å²) in [6, 6.07) is 8.30. The van der Waals surface area contributed by atoms with E-state index < -0.39 is 0 Å². The largest absolute Gasteiger partial charge is 0.493 e. The van der Waals surface area contributed by atoms with Gasteiger partial charge in [0.25, 0.3) is 0 Å². The molecule has 0 aliphatic carbocycles. The molecule has 1 nitrogen and oxygen atoms in total. The molecule has 0 spiro atoms. The highest BCUT2D eigenvalue weighted by Crippen LogP contribution is 2.14. The third-order valence-electron chi connectivity index (χ3n) is 2.10. The van der Waals surface area contributed by atoms with Crippen LogP contribution in [0.25, 0.3) is 0 Å². The molecule has 1 aromatic rings. The van der Waals surface area contributed by atoms with Gasteiger partial charge >= 0.3 is 0 Å². The summed E-state index contributed by atoms with van der Waals surface area (Å²) in [7, 11) is 0. The Bertz CT molecular complexity index is 273. The fourth-order valence-corrected chi connectivity index (χ4v) is 1.33. The first-order valence-electron chi connectivity index (χ1n) is 5.04. The minimum Gasteiger partial charge on any atom is -0.493 e. The summed E-state index contributed by atoms with van der Waals surface area (Å²) in [5.41, 5.74) is 1.33. The van der Waals surface area contributed by atoms with Crippen molar-refractivity contribution in [3.8, 4) is 5.75 Å². The van der Waals surface area contributed by atoms with Crippen LogP contribution in [0.5, 0.6) is 5.75 Å². The van der Waals surface area contributed by atoms with Gasteiger partial charge in [0.1, 0.15) is 5.75 Å². The van der Waals surface area contributed by atoms with Crippen molar-refractivity contribution in [3.63, 3.8) is 0 Å². The first-order valence-corrected chi connectivity index (χ1v) is 6.16. The lowest BCUT2D eigenvalue weighted by atomic mass is 10.2. The highest BCUT2D eigenvalue weighted by molar-refractivity contribution is 9.09. The second kappa shape index (κ2) is 6.07. The predicted molar refractivity (Wildman–Crippen MR) is 64.3 cm³/mol. The van der Waals surface area contributed by atoms with Crippen molar-refractivity contribution >= 4 is 15.9 Å². The number of halogens is 1. The van der Waals surface area contributed by atoms with Crippen LogP contribution >= 0.6 is 15.9 Å². The van der Waals surface area contributed by atoms with Gasteiger partial charge in [0.2, 0.25) is 0 Å². The Morgan fingerprint density at radius 2 is 2.21 bits per heavy atom. The number of rotatable bonds is 5. The normalized spacial score (nSPS) is 12.5. The molecule has 1 rings (SSSR count). The maximum absolute atomic E-state index is 5.67. The molecule has 1 atom stereocenters. The van der Waals surface area contributed by atoms with Gasteiger partial charge in [-0.25, -0.2) is 0 Å². The fraction of sp³-hybridized carbons (Fsp3) is 0.500. The van der Waals surface area contributed by atoms with Crippen LogP contribution in [0, 0.1) is 5.92 Å². The van der Waals surface area contributed by atoms with E-state index in [1.807, 2.05) is 12.1 Å². The second-order valence-corrected chi connectivity index (χ2v) is 4.22. The topological polar surface area (TPSA) is 9.23 Å². The average molecular weight is 257 g/mol. The molecule has 2 heteroatoms. The Morgan fingerprint density at radius 3 is 2.86 bits per heavy atom. The molecular formula is C12H17BrO. The van der Waals surface area contributed by atoms with Crippen molar-refractivity contribution in [3.05, 3.63) is 29.8 Å². The van der Waals surface area contributed by atoms with Crippen LogP contribution in [0.2, 0.25) is 0 Å². The highest BCUT2D eigenvalue weighted by atomic mass is 79.9. The molecule has 0 fully saturated rings. The monoisotopic (exact) mass is 256 g/mol. The zero-order valence-electron chi connectivity index (χ0n) is 8.79. The van der Waals surface area contributed by atoms with E-state index in [0.29, 0.717) is 5.92 Å². The van der Waals surface area contributed by atoms with Crippen LogP contribution in [0.4, 0.5) is 0 Å². The SMILES string of the molecule is CCc1cccc(OCC(C)CBr)c1. The van der Waals surface area contributed by atoms with E-state index in [0.717, 1.165) is 24.1 Å². The number of benzene rings is 1. The van der Waals surface area contributed by atoms with Gasteiger partial charge < -0.3 is 4.74 Å². The molecule has 0 aliphatic rings. The van der Waals surface area contributed by atoms with Gasteiger partial charge in [-0.05, 0) is 30.0 Å². The van der Waals surface area contributed by atoms with Crippen LogP contribution in [0.1, 0.15) is 19.4 Å². The van der Waals surface area contributed by atoms with Crippen LogP contribution in [-0.2, 0) is 6.42 Å². The Morgan fingerprint density at radius 1 is 1.43 bits per heavy atom. The number of alkyl halides is 1. The predicted octanol–water partition coefficient (Wildman–Crippen LogP) is 3.66. The van der Waals surface area contributed by atoms with E-state index in [2.05, 4.69) is 41.9 Å². The first kappa shape index (κ1) is 11.6. The Labute approximate surface area is 94.6 Å². The summed E-state index contributed by atoms with van der Waals surface area (Å²) in [6.45, 7) is 5.09. The summed E-state index contributed by atoms with van der Waals surface area (Å²) in [5.74, 6) is 1.54. The van der Waals surface area contributed by atoms with Gasteiger partial charge in [-0.3, -0.25) is 0 Å². The molecule has 0 saturated carbocycles. The molecule has 1 unspecified atom stereocenters. The molecule has 0 amide bonds. The van der Waals surface area contributed by atoms with Crippen molar-refractivity contribution in [2.45, 2.75) is 20.3 Å². The minimum absolute atomic E-state index is 0.556. The zero-order valence-corrected chi connectivity index (χ0v) is 10.4. The molecule has 0 heterocycles. The van der Waals surface area contributed by atoms with Gasteiger partial charge in [-0.15, -0.1) is 0 Å². The quantitative estimate of drug-likeness (QED) is 0.731. The summed E-state index contributed by atoms with van der Waals surface area (Å²) in [6.07, 6.45) is 1.06. The van der Waals surface area contributed by atoms with Gasteiger partial charge in [0, 0.05) is 5.33 Å². The van der Waals surface area contributed by atoms with E-state index >= 15 is 0 Å². The van der Waals surface area contributed by atoms with Crippen molar-refractivity contribution < 1.29 is 4.74 Å². The molecular weight excluding hydrogens is 240 g/mol. The van der Waals surface area contributed by atoms with Crippen LogP contribution in [0.15, 0.2) is 24.3 Å². The van der Waals surface area contributed by atoms with Gasteiger partial charge in [-0.2, -0.15) is 0 Å². The Kier molecular flexibility index (Phi) is 5.02. The second-order valence-electron chi connectivity index (χ2n) is 3.57. The average Bonchev–Trinajstić information content (AvgIpc) is 2.26. The Balaban J connectivity index is 2.50. The lowest BCUT2D eigenvalue weighted by Crippen LogP contribution is -2.09. The lowest BCUT2D eigenvalue weighted by molar-refractivity contribution is 0.274. The summed E-state index contributed by atoms with van der Waals surface area (Å²) >= 11 is 3.44. The summed E-state index contributed by atoms with van der Waals surface area (Å²) in [4.78, 5) is 0. The van der Waals surface area contributed by atoms with Gasteiger partial charge in [-0.1, -0.05) is 41.9 Å². The molecule has 14 heavy (non-hydrogen) atoms. The molecule has 0 saturated heterocycles. The third kappa shape index (κ3) is 3.70. The van der Waals surface area contributed by atoms with Crippen LogP contribution in [-0.4, -0.2) is 11.9 Å². The number of aryl methyl sites for hydroxylation is 1. The molecule has 0 aromatic heterocycles. The van der Waals surface area contributed by atoms with Gasteiger partial charge in [0.05, 0.1) is 6.61 Å². The first-order chi connectivity index (χ1) is 6.76. The van der Waals surface area contributed by atoms with Crippen molar-refractivity contribution in [1.82, 2.24) is 0 Å². The fourth-order valence-electron chi connectivity index (χ4n) is 1.14. The smallest absolute Gasteiger partial charge is 0.119 e. The van der Waals surface area contributed by atoms with Crippen molar-refractivity contribution in [2.75, 3.05) is 11.9 Å². The zero-order chi connectivity index (χ0) is 10.4. The van der Waals surface area contributed by atoms with Crippen molar-refractivity contribution in [2.24, 2.45) is 5.92 Å². The molecule has 0 radical (unpaired) electrons. The summed E-state index contributed by atoms with van der Waals surface area (Å²) < 4.78 is 5.67. The van der Waals surface area contributed by atoms with E-state index in [1.165, 1.54) is 5.56 Å². The third-order valence-corrected chi connectivity index (χ3v) is 3.21. The molecule has 0 aliphatic heterocycles. The van der Waals surface area contributed by atoms with Gasteiger partial charge in [0.15, 0.2) is 0 Å². The van der Waals surface area contributed by atoms with E-state index in [-0.39, 0.29) is 0 Å². The van der Waals surface area contributed by atoms with Crippen LogP contribution < -0.4 is 4.74 Å². The molecule has 1 aromatic carbocycles. The maximum Gasteiger partial charge on any atom is 0.119 e. The van der Waals surface area contributed by atoms with E-state index in [1.54, 1.807) is 0 Å². The maximum atomic E-state index is 5.67. The molecule has 0 N–H and O–H groups in total. The van der Waals surface area contributed by atoms with Crippen molar-refractivity contribution in [1.29, 1.82) is 0 Å². The standard InChI is InChI=1S/C12H17BrO/c1-3-11-5-4-6-12(7-11)14-9-10(2)8-13/h4-7,10H,3,8-9H2,1-2H3. The number of hydrogen-bond donors (Lipinski definition) is 0. The molecule has 0 bridgehead atoms. The summed E-state index contributed by atoms with van der Waals surface area (Å²) in [5, 5.41) is 0.987. The van der Waals surface area contributed by atoms with E-state index in [9.17, 15) is 0 Å². The number of ether oxygens (including phenoxy) is 1.